The minimum absolute atomic E-state index is 0.0285. The summed E-state index contributed by atoms with van der Waals surface area (Å²) in [7, 11) is 1.43. The number of nitrogens with one attached hydrogen (secondary N) is 1. The monoisotopic (exact) mass is 465 g/mol. The molecule has 1 saturated carbocycles. The summed E-state index contributed by atoms with van der Waals surface area (Å²) in [6.07, 6.45) is 4.02. The van der Waals surface area contributed by atoms with E-state index < -0.39 is 12.4 Å². The summed E-state index contributed by atoms with van der Waals surface area (Å²) in [5.41, 5.74) is 0.325. The zero-order valence-corrected chi connectivity index (χ0v) is 18.3. The number of alkyl halides is 2. The van der Waals surface area contributed by atoms with Crippen LogP contribution in [0.1, 0.15) is 29.6 Å². The molecule has 33 heavy (non-hydrogen) atoms. The lowest BCUT2D eigenvalue weighted by Gasteiger charge is -2.29. The Morgan fingerprint density at radius 3 is 2.73 bits per heavy atom. The van der Waals surface area contributed by atoms with Gasteiger partial charge in [0.15, 0.2) is 11.6 Å². The van der Waals surface area contributed by atoms with E-state index in [-0.39, 0.29) is 29.1 Å². The summed E-state index contributed by atoms with van der Waals surface area (Å²) < 4.78 is 53.2. The molecule has 2 aromatic rings. The van der Waals surface area contributed by atoms with Gasteiger partial charge >= 0.3 is 6.55 Å². The molecule has 1 amide bonds. The molecule has 2 aliphatic rings. The molecule has 1 aliphatic carbocycles. The maximum absolute atomic E-state index is 14.1. The van der Waals surface area contributed by atoms with Crippen LogP contribution < -0.4 is 15.0 Å². The van der Waals surface area contributed by atoms with Crippen LogP contribution in [0.15, 0.2) is 24.4 Å². The van der Waals surface area contributed by atoms with E-state index in [0.717, 1.165) is 25.5 Å². The lowest BCUT2D eigenvalue weighted by molar-refractivity contribution is 0.0299. The highest BCUT2D eigenvalue weighted by molar-refractivity contribution is 5.97. The Kier molecular flexibility index (Phi) is 7.17. The second-order valence-electron chi connectivity index (χ2n) is 7.96. The van der Waals surface area contributed by atoms with Crippen LogP contribution in [-0.4, -0.2) is 67.3 Å². The number of nitrogens with zero attached hydrogens (tertiary/aromatic N) is 4. The summed E-state index contributed by atoms with van der Waals surface area (Å²) in [6, 6.07) is 4.26. The van der Waals surface area contributed by atoms with Gasteiger partial charge in [-0.05, 0) is 30.9 Å². The summed E-state index contributed by atoms with van der Waals surface area (Å²) >= 11 is 0. The summed E-state index contributed by atoms with van der Waals surface area (Å²) in [5, 5.41) is 2.52. The van der Waals surface area contributed by atoms with E-state index in [1.807, 2.05) is 0 Å². The van der Waals surface area contributed by atoms with E-state index in [1.165, 1.54) is 25.2 Å². The fourth-order valence-electron chi connectivity index (χ4n) is 3.73. The van der Waals surface area contributed by atoms with Gasteiger partial charge in [-0.2, -0.15) is 13.8 Å². The molecule has 0 spiro atoms. The third-order valence-corrected chi connectivity index (χ3v) is 5.85. The van der Waals surface area contributed by atoms with Crippen molar-refractivity contribution >= 4 is 23.4 Å². The van der Waals surface area contributed by atoms with Crippen molar-refractivity contribution in [3.63, 3.8) is 0 Å². The minimum atomic E-state index is -3.01. The predicted octanol–water partition coefficient (Wildman–Crippen LogP) is 3.67. The average molecular weight is 465 g/mol. The van der Waals surface area contributed by atoms with Gasteiger partial charge < -0.3 is 19.7 Å². The largest absolute Gasteiger partial charge is 0.492 e. The van der Waals surface area contributed by atoms with Gasteiger partial charge in [0.25, 0.3) is 5.91 Å². The van der Waals surface area contributed by atoms with Gasteiger partial charge in [-0.25, -0.2) is 9.37 Å². The second kappa shape index (κ2) is 10.2. The van der Waals surface area contributed by atoms with Gasteiger partial charge in [-0.15, -0.1) is 0 Å². The molecule has 2 fully saturated rings. The molecule has 1 saturated heterocycles. The smallest absolute Gasteiger partial charge is 0.321 e. The number of carbonyl (C=O) groups is 1. The quantitative estimate of drug-likeness (QED) is 0.596. The zero-order valence-electron chi connectivity index (χ0n) is 18.3. The Morgan fingerprint density at radius 1 is 1.33 bits per heavy atom. The second-order valence-corrected chi connectivity index (χ2v) is 7.96. The van der Waals surface area contributed by atoms with E-state index >= 15 is 0 Å². The van der Waals surface area contributed by atoms with Crippen molar-refractivity contribution in [1.82, 2.24) is 14.9 Å². The molecule has 178 valence electrons. The van der Waals surface area contributed by atoms with Crippen molar-refractivity contribution in [2.75, 3.05) is 50.2 Å². The summed E-state index contributed by atoms with van der Waals surface area (Å²) in [5.74, 6) is -0.986. The first-order chi connectivity index (χ1) is 16.0. The van der Waals surface area contributed by atoms with Gasteiger partial charge in [0.05, 0.1) is 37.3 Å². The number of hydrogen-bond acceptors (Lipinski definition) is 7. The van der Waals surface area contributed by atoms with Crippen LogP contribution in [0.3, 0.4) is 0 Å². The zero-order chi connectivity index (χ0) is 23.4. The maximum atomic E-state index is 14.1. The topological polar surface area (TPSA) is 79.8 Å². The lowest BCUT2D eigenvalue weighted by atomic mass is 9.86. The molecule has 4 rings (SSSR count). The normalized spacial score (nSPS) is 16.5. The molecule has 1 aromatic carbocycles. The number of benzene rings is 1. The van der Waals surface area contributed by atoms with Gasteiger partial charge in [0.1, 0.15) is 5.75 Å². The molecule has 0 bridgehead atoms. The molecular formula is C22H26F3N5O3. The fraction of sp³-hybridized carbons (Fsp3) is 0.500. The molecule has 0 unspecified atom stereocenters. The van der Waals surface area contributed by atoms with Crippen molar-refractivity contribution in [1.29, 1.82) is 0 Å². The number of anilines is 3. The number of amides is 1. The van der Waals surface area contributed by atoms with Crippen LogP contribution in [0, 0.1) is 11.7 Å². The average Bonchev–Trinajstić information content (AvgIpc) is 2.79. The highest BCUT2D eigenvalue weighted by Crippen LogP contribution is 2.34. The standard InChI is InChI=1S/C22H26F3N5O3/c1-26-19-17(23)12-27-22(28-19)30(21(24)25)15-5-6-16(20(31)29-7-9-32-10-8-29)18(11-15)33-13-14-3-2-4-14/h5-6,11-12,14,21H,2-4,7-10,13H2,1H3,(H,26,27,28). The molecular weight excluding hydrogens is 439 g/mol. The number of rotatable bonds is 8. The van der Waals surface area contributed by atoms with Crippen molar-refractivity contribution < 1.29 is 27.4 Å². The SMILES string of the molecule is CNc1nc(N(c2ccc(C(=O)N3CCOCC3)c(OCC3CCC3)c2)C(F)F)ncc1F. The Labute approximate surface area is 189 Å². The van der Waals surface area contributed by atoms with E-state index in [2.05, 4.69) is 15.3 Å². The van der Waals surface area contributed by atoms with Crippen LogP contribution in [0.5, 0.6) is 5.75 Å². The number of aromatic nitrogens is 2. The molecule has 11 heteroatoms. The molecule has 2 heterocycles. The van der Waals surface area contributed by atoms with Gasteiger partial charge in [0, 0.05) is 26.2 Å². The van der Waals surface area contributed by atoms with Crippen molar-refractivity contribution in [3.05, 3.63) is 35.8 Å². The summed E-state index contributed by atoms with van der Waals surface area (Å²) in [4.78, 5) is 22.9. The molecule has 1 aliphatic heterocycles. The Morgan fingerprint density at radius 2 is 2.09 bits per heavy atom. The molecule has 1 aromatic heterocycles. The van der Waals surface area contributed by atoms with E-state index in [1.54, 1.807) is 4.90 Å². The molecule has 1 N–H and O–H groups in total. The maximum Gasteiger partial charge on any atom is 0.321 e. The van der Waals surface area contributed by atoms with E-state index in [0.29, 0.717) is 49.3 Å². The van der Waals surface area contributed by atoms with Crippen LogP contribution in [0.2, 0.25) is 0 Å². The first kappa shape index (κ1) is 23.1. The highest BCUT2D eigenvalue weighted by atomic mass is 19.3. The Bertz CT molecular complexity index is 984. The Balaban J connectivity index is 1.68. The van der Waals surface area contributed by atoms with E-state index in [9.17, 15) is 18.0 Å². The number of ether oxygens (including phenoxy) is 2. The number of hydrogen-bond donors (Lipinski definition) is 1. The lowest BCUT2D eigenvalue weighted by Crippen LogP contribution is -2.40. The third-order valence-electron chi connectivity index (χ3n) is 5.85. The minimum Gasteiger partial charge on any atom is -0.492 e. The first-order valence-corrected chi connectivity index (χ1v) is 10.9. The number of halogens is 3. The Hall–Kier alpha value is -3.08. The third kappa shape index (κ3) is 5.13. The number of morpholine rings is 1. The van der Waals surface area contributed by atoms with Gasteiger partial charge in [-0.1, -0.05) is 6.42 Å². The predicted molar refractivity (Wildman–Crippen MR) is 116 cm³/mol. The first-order valence-electron chi connectivity index (χ1n) is 10.9. The highest BCUT2D eigenvalue weighted by Gasteiger charge is 2.28. The van der Waals surface area contributed by atoms with Crippen molar-refractivity contribution in [3.8, 4) is 5.75 Å². The van der Waals surface area contributed by atoms with Gasteiger partial charge in [0.2, 0.25) is 5.95 Å². The van der Waals surface area contributed by atoms with Crippen LogP contribution >= 0.6 is 0 Å². The molecule has 8 nitrogen and oxygen atoms in total. The van der Waals surface area contributed by atoms with Gasteiger partial charge in [-0.3, -0.25) is 9.69 Å². The van der Waals surface area contributed by atoms with Crippen molar-refractivity contribution in [2.24, 2.45) is 5.92 Å². The van der Waals surface area contributed by atoms with Crippen LogP contribution in [0.4, 0.5) is 30.6 Å². The molecule has 0 atom stereocenters. The van der Waals surface area contributed by atoms with E-state index in [4.69, 9.17) is 9.47 Å². The number of carbonyl (C=O) groups excluding carboxylic acids is 1. The molecule has 0 radical (unpaired) electrons. The van der Waals surface area contributed by atoms with Crippen molar-refractivity contribution in [2.45, 2.75) is 25.8 Å². The van der Waals surface area contributed by atoms with Crippen LogP contribution in [0.25, 0.3) is 0 Å². The summed E-state index contributed by atoms with van der Waals surface area (Å²) in [6.45, 7) is -0.836. The van der Waals surface area contributed by atoms with Crippen LogP contribution in [-0.2, 0) is 4.74 Å². The fourth-order valence-corrected chi connectivity index (χ4v) is 3.73.